The van der Waals surface area contributed by atoms with Gasteiger partial charge >= 0.3 is 0 Å². The summed E-state index contributed by atoms with van der Waals surface area (Å²) < 4.78 is 0. The molecule has 5 rings (SSSR count). The average molecular weight is 351 g/mol. The van der Waals surface area contributed by atoms with Crippen LogP contribution in [0, 0.1) is 11.8 Å². The number of H-pyrrole nitrogens is 1. The number of halogens is 1. The largest absolute Gasteiger partial charge is 0.361 e. The predicted molar refractivity (Wildman–Crippen MR) is 104 cm³/mol. The molecule has 128 valence electrons. The maximum Gasteiger partial charge on any atom is 0.0456 e. The topological polar surface area (TPSA) is 19.0 Å². The maximum atomic E-state index is 6.18. The van der Waals surface area contributed by atoms with E-state index < -0.39 is 0 Å². The zero-order valence-electron chi connectivity index (χ0n) is 14.3. The van der Waals surface area contributed by atoms with Crippen molar-refractivity contribution in [3.63, 3.8) is 0 Å². The Hall–Kier alpha value is -1.77. The van der Waals surface area contributed by atoms with Gasteiger partial charge in [0.05, 0.1) is 0 Å². The predicted octanol–water partition coefficient (Wildman–Crippen LogP) is 5.10. The Morgan fingerprint density at radius 1 is 1.08 bits per heavy atom. The third kappa shape index (κ3) is 2.78. The van der Waals surface area contributed by atoms with Crippen molar-refractivity contribution in [2.24, 2.45) is 11.8 Å². The number of para-hydroxylation sites is 1. The van der Waals surface area contributed by atoms with Crippen molar-refractivity contribution in [2.75, 3.05) is 19.6 Å². The Bertz CT molecular complexity index is 900. The zero-order valence-corrected chi connectivity index (χ0v) is 15.0. The second kappa shape index (κ2) is 6.19. The van der Waals surface area contributed by atoms with Crippen LogP contribution in [0.1, 0.15) is 23.5 Å². The molecule has 25 heavy (non-hydrogen) atoms. The van der Waals surface area contributed by atoms with E-state index in [9.17, 15) is 0 Å². The second-order valence-electron chi connectivity index (χ2n) is 7.69. The van der Waals surface area contributed by atoms with Gasteiger partial charge in [-0.3, -0.25) is 0 Å². The van der Waals surface area contributed by atoms with Crippen LogP contribution in [0.2, 0.25) is 5.02 Å². The van der Waals surface area contributed by atoms with Crippen LogP contribution in [-0.4, -0.2) is 29.5 Å². The number of benzene rings is 2. The Kier molecular flexibility index (Phi) is 3.83. The minimum absolute atomic E-state index is 0.710. The Labute approximate surface area is 153 Å². The third-order valence-electron chi connectivity index (χ3n) is 6.29. The summed E-state index contributed by atoms with van der Waals surface area (Å²) in [5.74, 6) is 2.41. The molecule has 3 unspecified atom stereocenters. The summed E-state index contributed by atoms with van der Waals surface area (Å²) in [4.78, 5) is 6.06. The van der Waals surface area contributed by atoms with Crippen molar-refractivity contribution < 1.29 is 0 Å². The van der Waals surface area contributed by atoms with Crippen LogP contribution in [0.3, 0.4) is 0 Å². The standard InChI is InChI=1S/C22H23ClN2/c23-18-5-3-4-15(10-18)20-11-17-13-25(14-21(17)20)9-8-16-12-24-22-7-2-1-6-19(16)22/h1-7,10,12,17,20-21,24H,8-9,11,13-14H2. The number of nitrogens with zero attached hydrogens (tertiary/aromatic N) is 1. The Morgan fingerprint density at radius 3 is 2.92 bits per heavy atom. The van der Waals surface area contributed by atoms with E-state index in [-0.39, 0.29) is 0 Å². The molecule has 1 aromatic heterocycles. The highest BCUT2D eigenvalue weighted by Crippen LogP contribution is 2.51. The molecule has 1 saturated carbocycles. The summed E-state index contributed by atoms with van der Waals surface area (Å²) in [6, 6.07) is 17.1. The number of aromatic nitrogens is 1. The quantitative estimate of drug-likeness (QED) is 0.693. The van der Waals surface area contributed by atoms with Gasteiger partial charge in [0, 0.05) is 41.8 Å². The minimum Gasteiger partial charge on any atom is -0.361 e. The van der Waals surface area contributed by atoms with Gasteiger partial charge in [0.1, 0.15) is 0 Å². The van der Waals surface area contributed by atoms with E-state index in [4.69, 9.17) is 11.6 Å². The summed E-state index contributed by atoms with van der Waals surface area (Å²) in [5, 5.41) is 2.25. The van der Waals surface area contributed by atoms with Gasteiger partial charge in [-0.2, -0.15) is 0 Å². The van der Waals surface area contributed by atoms with Gasteiger partial charge in [-0.25, -0.2) is 0 Å². The number of likely N-dealkylation sites (tertiary alicyclic amines) is 1. The highest BCUT2D eigenvalue weighted by atomic mass is 35.5. The molecular weight excluding hydrogens is 328 g/mol. The van der Waals surface area contributed by atoms with Crippen molar-refractivity contribution in [3.05, 3.63) is 70.9 Å². The monoisotopic (exact) mass is 350 g/mol. The lowest BCUT2D eigenvalue weighted by molar-refractivity contribution is 0.191. The molecule has 1 N–H and O–H groups in total. The van der Waals surface area contributed by atoms with E-state index in [1.54, 1.807) is 0 Å². The smallest absolute Gasteiger partial charge is 0.0456 e. The summed E-state index contributed by atoms with van der Waals surface area (Å²) in [6.45, 7) is 3.67. The summed E-state index contributed by atoms with van der Waals surface area (Å²) in [7, 11) is 0. The van der Waals surface area contributed by atoms with E-state index >= 15 is 0 Å². The first kappa shape index (κ1) is 15.5. The average Bonchev–Trinajstić information content (AvgIpc) is 3.16. The van der Waals surface area contributed by atoms with Gasteiger partial charge in [-0.15, -0.1) is 0 Å². The van der Waals surface area contributed by atoms with Gasteiger partial charge in [0.15, 0.2) is 0 Å². The van der Waals surface area contributed by atoms with Crippen LogP contribution in [0.5, 0.6) is 0 Å². The van der Waals surface area contributed by atoms with Gasteiger partial charge in [-0.1, -0.05) is 41.9 Å². The summed E-state index contributed by atoms with van der Waals surface area (Å²) >= 11 is 6.18. The van der Waals surface area contributed by atoms with Crippen LogP contribution in [-0.2, 0) is 6.42 Å². The fourth-order valence-electron chi connectivity index (χ4n) is 4.92. The maximum absolute atomic E-state index is 6.18. The molecule has 2 aliphatic rings. The van der Waals surface area contributed by atoms with E-state index in [0.29, 0.717) is 5.92 Å². The van der Waals surface area contributed by atoms with Crippen LogP contribution in [0.15, 0.2) is 54.7 Å². The fourth-order valence-corrected chi connectivity index (χ4v) is 5.12. The molecule has 3 heteroatoms. The van der Waals surface area contributed by atoms with Crippen LogP contribution >= 0.6 is 11.6 Å². The lowest BCUT2D eigenvalue weighted by Crippen LogP contribution is -2.33. The molecule has 2 nitrogen and oxygen atoms in total. The van der Waals surface area contributed by atoms with E-state index in [1.165, 1.54) is 41.5 Å². The molecule has 2 heterocycles. The van der Waals surface area contributed by atoms with Crippen molar-refractivity contribution in [2.45, 2.75) is 18.8 Å². The first-order valence-corrected chi connectivity index (χ1v) is 9.68. The van der Waals surface area contributed by atoms with E-state index in [2.05, 4.69) is 58.5 Å². The molecule has 1 aliphatic carbocycles. The number of hydrogen-bond donors (Lipinski definition) is 1. The SMILES string of the molecule is Clc1cccc(C2CC3CN(CCc4c[nH]c5ccccc45)CC32)c1. The molecule has 0 amide bonds. The highest BCUT2D eigenvalue weighted by Gasteiger charge is 2.47. The first-order chi connectivity index (χ1) is 12.3. The second-order valence-corrected chi connectivity index (χ2v) is 8.13. The molecule has 2 fully saturated rings. The van der Waals surface area contributed by atoms with Gasteiger partial charge in [0.25, 0.3) is 0 Å². The minimum atomic E-state index is 0.710. The number of fused-ring (bicyclic) bond motifs is 2. The van der Waals surface area contributed by atoms with Crippen LogP contribution in [0.25, 0.3) is 10.9 Å². The van der Waals surface area contributed by atoms with Crippen LogP contribution in [0.4, 0.5) is 0 Å². The third-order valence-corrected chi connectivity index (χ3v) is 6.52. The van der Waals surface area contributed by atoms with Gasteiger partial charge in [0.2, 0.25) is 0 Å². The Balaban J connectivity index is 1.23. The molecule has 1 aliphatic heterocycles. The molecular formula is C22H23ClN2. The lowest BCUT2D eigenvalue weighted by atomic mass is 9.64. The molecule has 0 spiro atoms. The fraction of sp³-hybridized carbons (Fsp3) is 0.364. The summed E-state index contributed by atoms with van der Waals surface area (Å²) in [5.41, 5.74) is 4.13. The molecule has 3 aromatic rings. The lowest BCUT2D eigenvalue weighted by Gasteiger charge is -2.40. The van der Waals surface area contributed by atoms with Gasteiger partial charge < -0.3 is 9.88 Å². The summed E-state index contributed by atoms with van der Waals surface area (Å²) in [6.07, 6.45) is 4.64. The van der Waals surface area contributed by atoms with Gasteiger partial charge in [-0.05, 0) is 59.9 Å². The zero-order chi connectivity index (χ0) is 16.8. The van der Waals surface area contributed by atoms with E-state index in [1.807, 2.05) is 6.07 Å². The molecule has 3 atom stereocenters. The molecule has 2 aromatic carbocycles. The molecule has 0 bridgehead atoms. The molecule has 1 saturated heterocycles. The number of nitrogens with one attached hydrogen (secondary N) is 1. The number of aromatic amines is 1. The number of rotatable bonds is 4. The Morgan fingerprint density at radius 2 is 2.00 bits per heavy atom. The van der Waals surface area contributed by atoms with Crippen molar-refractivity contribution >= 4 is 22.5 Å². The van der Waals surface area contributed by atoms with E-state index in [0.717, 1.165) is 29.8 Å². The van der Waals surface area contributed by atoms with Crippen LogP contribution < -0.4 is 0 Å². The highest BCUT2D eigenvalue weighted by molar-refractivity contribution is 6.30. The van der Waals surface area contributed by atoms with Crippen molar-refractivity contribution in [1.29, 1.82) is 0 Å². The van der Waals surface area contributed by atoms with Crippen molar-refractivity contribution in [1.82, 2.24) is 9.88 Å². The van der Waals surface area contributed by atoms with Crippen molar-refractivity contribution in [3.8, 4) is 0 Å². The first-order valence-electron chi connectivity index (χ1n) is 9.31. The molecule has 0 radical (unpaired) electrons. The number of hydrogen-bond acceptors (Lipinski definition) is 1. The normalized spacial score (nSPS) is 25.9.